The molecule has 0 saturated carbocycles. The summed E-state index contributed by atoms with van der Waals surface area (Å²) in [4.78, 5) is 10.4. The first-order valence-corrected chi connectivity index (χ1v) is 17.6. The molecule has 8 aromatic rings. The van der Waals surface area contributed by atoms with Gasteiger partial charge in [0.1, 0.15) is 0 Å². The molecule has 0 spiro atoms. The van der Waals surface area contributed by atoms with Gasteiger partial charge in [-0.3, -0.25) is 9.97 Å². The highest BCUT2D eigenvalue weighted by Crippen LogP contribution is 2.43. The molecule has 0 atom stereocenters. The fraction of sp³-hybridized carbons (Fsp3) is 0.125. The molecule has 0 unspecified atom stereocenters. The SMILES string of the molecule is CC(C)c1ccc2ccc3c(-c4cccc(-c5cc(-c6ccccc6)c(-c6ccccc6)cc5-c5ccccc5)c4)cc(C(C)C)nc3c2n1. The van der Waals surface area contributed by atoms with Crippen molar-refractivity contribution in [3.63, 3.8) is 0 Å². The number of aromatic nitrogens is 2. The zero-order valence-corrected chi connectivity index (χ0v) is 29.1. The van der Waals surface area contributed by atoms with E-state index in [2.05, 4.69) is 185 Å². The number of fused-ring (bicyclic) bond motifs is 3. The van der Waals surface area contributed by atoms with E-state index in [9.17, 15) is 0 Å². The van der Waals surface area contributed by atoms with Crippen LogP contribution in [0.3, 0.4) is 0 Å². The van der Waals surface area contributed by atoms with E-state index >= 15 is 0 Å². The highest BCUT2D eigenvalue weighted by molar-refractivity contribution is 6.08. The third-order valence-electron chi connectivity index (χ3n) is 9.76. The lowest BCUT2D eigenvalue weighted by atomic mass is 9.85. The van der Waals surface area contributed by atoms with Crippen LogP contribution in [0.5, 0.6) is 0 Å². The highest BCUT2D eigenvalue weighted by atomic mass is 14.8. The van der Waals surface area contributed by atoms with Crippen LogP contribution in [-0.4, -0.2) is 9.97 Å². The minimum absolute atomic E-state index is 0.272. The molecular formula is C48H40N2. The largest absolute Gasteiger partial charge is 0.250 e. The van der Waals surface area contributed by atoms with Crippen LogP contribution in [0.2, 0.25) is 0 Å². The first kappa shape index (κ1) is 31.4. The Morgan fingerprint density at radius 1 is 0.340 bits per heavy atom. The topological polar surface area (TPSA) is 25.8 Å². The van der Waals surface area contributed by atoms with Gasteiger partial charge >= 0.3 is 0 Å². The normalized spacial score (nSPS) is 11.6. The fourth-order valence-corrected chi connectivity index (χ4v) is 7.02. The molecule has 2 heterocycles. The predicted molar refractivity (Wildman–Crippen MR) is 212 cm³/mol. The molecule has 50 heavy (non-hydrogen) atoms. The third-order valence-corrected chi connectivity index (χ3v) is 9.76. The highest BCUT2D eigenvalue weighted by Gasteiger charge is 2.18. The maximum Gasteiger partial charge on any atom is 0.0974 e. The maximum absolute atomic E-state index is 5.25. The molecule has 0 radical (unpaired) electrons. The quantitative estimate of drug-likeness (QED) is 0.161. The second kappa shape index (κ2) is 13.2. The molecule has 2 aromatic heterocycles. The first-order chi connectivity index (χ1) is 24.4. The molecule has 0 bridgehead atoms. The van der Waals surface area contributed by atoms with Crippen molar-refractivity contribution >= 4 is 21.8 Å². The van der Waals surface area contributed by atoms with Crippen molar-refractivity contribution in [2.75, 3.05) is 0 Å². The summed E-state index contributed by atoms with van der Waals surface area (Å²) < 4.78 is 0. The molecule has 0 amide bonds. The Bertz CT molecular complexity index is 2460. The summed E-state index contributed by atoms with van der Waals surface area (Å²) in [6.45, 7) is 8.83. The van der Waals surface area contributed by atoms with Crippen molar-refractivity contribution in [2.45, 2.75) is 39.5 Å². The third kappa shape index (κ3) is 5.88. The van der Waals surface area contributed by atoms with Crippen LogP contribution >= 0.6 is 0 Å². The molecular weight excluding hydrogens is 605 g/mol. The Kier molecular flexibility index (Phi) is 8.30. The van der Waals surface area contributed by atoms with E-state index in [1.54, 1.807) is 0 Å². The van der Waals surface area contributed by atoms with E-state index in [4.69, 9.17) is 9.97 Å². The summed E-state index contributed by atoms with van der Waals surface area (Å²) in [5.41, 5.74) is 16.1. The molecule has 0 N–H and O–H groups in total. The van der Waals surface area contributed by atoms with E-state index in [1.807, 2.05) is 0 Å². The van der Waals surface area contributed by atoms with Crippen LogP contribution in [0.4, 0.5) is 0 Å². The molecule has 242 valence electrons. The van der Waals surface area contributed by atoms with E-state index in [0.29, 0.717) is 5.92 Å². The van der Waals surface area contributed by atoms with Crippen molar-refractivity contribution < 1.29 is 0 Å². The number of benzene rings is 6. The number of pyridine rings is 2. The summed E-state index contributed by atoms with van der Waals surface area (Å²) in [5.74, 6) is 0.612. The summed E-state index contributed by atoms with van der Waals surface area (Å²) in [5, 5.41) is 2.24. The van der Waals surface area contributed by atoms with Gasteiger partial charge in [0.25, 0.3) is 0 Å². The molecule has 2 nitrogen and oxygen atoms in total. The van der Waals surface area contributed by atoms with E-state index in [1.165, 1.54) is 55.6 Å². The van der Waals surface area contributed by atoms with Gasteiger partial charge in [0.15, 0.2) is 0 Å². The second-order valence-corrected chi connectivity index (χ2v) is 13.8. The average Bonchev–Trinajstić information content (AvgIpc) is 3.17. The first-order valence-electron chi connectivity index (χ1n) is 17.6. The van der Waals surface area contributed by atoms with Gasteiger partial charge in [-0.2, -0.15) is 0 Å². The summed E-state index contributed by atoms with van der Waals surface area (Å²) in [7, 11) is 0. The van der Waals surface area contributed by atoms with Crippen molar-refractivity contribution in [3.8, 4) is 55.6 Å². The Hall–Kier alpha value is -5.86. The molecule has 8 rings (SSSR count). The molecule has 0 aliphatic carbocycles. The molecule has 2 heteroatoms. The van der Waals surface area contributed by atoms with Crippen LogP contribution in [0.25, 0.3) is 77.4 Å². The van der Waals surface area contributed by atoms with E-state index in [0.717, 1.165) is 33.2 Å². The number of hydrogen-bond acceptors (Lipinski definition) is 2. The van der Waals surface area contributed by atoms with Crippen molar-refractivity contribution in [2.24, 2.45) is 0 Å². The molecule has 6 aromatic carbocycles. The zero-order valence-electron chi connectivity index (χ0n) is 29.1. The van der Waals surface area contributed by atoms with Gasteiger partial charge in [-0.05, 0) is 97.8 Å². The lowest BCUT2D eigenvalue weighted by molar-refractivity contribution is 0.826. The standard InChI is InChI=1S/C48H40N2/c1-31(2)45-26-24-36-23-25-39-44(30-46(32(3)4)50-48(39)47(36)49-45)38-22-14-21-37(27-38)43-29-41(34-17-10-6-11-18-34)40(33-15-8-5-9-16-33)28-42(43)35-19-12-7-13-20-35/h5-32H,1-4H3. The van der Waals surface area contributed by atoms with Gasteiger partial charge in [0.05, 0.1) is 11.0 Å². The molecule has 0 aliphatic rings. The fourth-order valence-electron chi connectivity index (χ4n) is 7.02. The van der Waals surface area contributed by atoms with Crippen LogP contribution in [-0.2, 0) is 0 Å². The minimum Gasteiger partial charge on any atom is -0.250 e. The lowest BCUT2D eigenvalue weighted by Gasteiger charge is -2.19. The number of rotatable bonds is 7. The Labute approximate surface area is 295 Å². The van der Waals surface area contributed by atoms with Gasteiger partial charge in [0, 0.05) is 22.2 Å². The Balaban J connectivity index is 1.38. The smallest absolute Gasteiger partial charge is 0.0974 e. The average molecular weight is 645 g/mol. The van der Waals surface area contributed by atoms with Gasteiger partial charge in [0.2, 0.25) is 0 Å². The van der Waals surface area contributed by atoms with Gasteiger partial charge in [-0.1, -0.05) is 155 Å². The van der Waals surface area contributed by atoms with Crippen LogP contribution < -0.4 is 0 Å². The van der Waals surface area contributed by atoms with Crippen molar-refractivity contribution in [1.29, 1.82) is 0 Å². The summed E-state index contributed by atoms with van der Waals surface area (Å²) in [6, 6.07) is 57.2. The van der Waals surface area contributed by atoms with Crippen molar-refractivity contribution in [3.05, 3.63) is 169 Å². The summed E-state index contributed by atoms with van der Waals surface area (Å²) in [6.07, 6.45) is 0. The van der Waals surface area contributed by atoms with Crippen LogP contribution in [0, 0.1) is 0 Å². The second-order valence-electron chi connectivity index (χ2n) is 13.8. The van der Waals surface area contributed by atoms with Gasteiger partial charge < -0.3 is 0 Å². The Morgan fingerprint density at radius 3 is 1.30 bits per heavy atom. The maximum atomic E-state index is 5.25. The zero-order chi connectivity index (χ0) is 34.2. The molecule has 0 saturated heterocycles. The van der Waals surface area contributed by atoms with E-state index < -0.39 is 0 Å². The summed E-state index contributed by atoms with van der Waals surface area (Å²) >= 11 is 0. The van der Waals surface area contributed by atoms with Crippen LogP contribution in [0.1, 0.15) is 50.9 Å². The minimum atomic E-state index is 0.272. The number of nitrogens with zero attached hydrogens (tertiary/aromatic N) is 2. The van der Waals surface area contributed by atoms with Gasteiger partial charge in [-0.25, -0.2) is 0 Å². The van der Waals surface area contributed by atoms with E-state index in [-0.39, 0.29) is 5.92 Å². The predicted octanol–water partition coefficient (Wildman–Crippen LogP) is 13.4. The lowest BCUT2D eigenvalue weighted by Crippen LogP contribution is -1.99. The molecule has 0 fully saturated rings. The Morgan fingerprint density at radius 2 is 0.780 bits per heavy atom. The van der Waals surface area contributed by atoms with Gasteiger partial charge in [-0.15, -0.1) is 0 Å². The molecule has 0 aliphatic heterocycles. The van der Waals surface area contributed by atoms with Crippen molar-refractivity contribution in [1.82, 2.24) is 9.97 Å². The monoisotopic (exact) mass is 644 g/mol. The van der Waals surface area contributed by atoms with Crippen LogP contribution in [0.15, 0.2) is 158 Å². The number of hydrogen-bond donors (Lipinski definition) is 0.